The van der Waals surface area contributed by atoms with E-state index < -0.39 is 5.56 Å². The first-order chi connectivity index (χ1) is 20.0. The van der Waals surface area contributed by atoms with Crippen molar-refractivity contribution in [3.63, 3.8) is 0 Å². The van der Waals surface area contributed by atoms with Crippen molar-refractivity contribution in [2.75, 3.05) is 6.61 Å². The minimum absolute atomic E-state index is 0.138. The molecule has 0 bridgehead atoms. The summed E-state index contributed by atoms with van der Waals surface area (Å²) in [5, 5.41) is 9.28. The molecule has 0 fully saturated rings. The van der Waals surface area contributed by atoms with Gasteiger partial charge in [0.1, 0.15) is 11.4 Å². The largest absolute Gasteiger partial charge is 0.493 e. The number of thiazole rings is 1. The summed E-state index contributed by atoms with van der Waals surface area (Å²) in [5.41, 5.74) is 4.20. The van der Waals surface area contributed by atoms with Gasteiger partial charge in [-0.25, -0.2) is 4.68 Å². The van der Waals surface area contributed by atoms with Gasteiger partial charge in [-0.15, -0.1) is 0 Å². The highest BCUT2D eigenvalue weighted by atomic mass is 32.1. The van der Waals surface area contributed by atoms with Crippen LogP contribution < -0.4 is 20.4 Å². The van der Waals surface area contributed by atoms with Gasteiger partial charge in [-0.3, -0.25) is 9.59 Å². The molecule has 0 unspecified atom stereocenters. The summed E-state index contributed by atoms with van der Waals surface area (Å²) in [6.45, 7) is 4.83. The third-order valence-electron chi connectivity index (χ3n) is 6.69. The number of aromatic nitrogens is 5. The molecule has 6 rings (SSSR count). The predicted molar refractivity (Wildman–Crippen MR) is 162 cm³/mol. The highest BCUT2D eigenvalue weighted by Crippen LogP contribution is 2.29. The van der Waals surface area contributed by atoms with Crippen LogP contribution in [0.5, 0.6) is 5.75 Å². The van der Waals surface area contributed by atoms with Crippen LogP contribution in [0.3, 0.4) is 0 Å². The molecule has 0 saturated heterocycles. The lowest BCUT2D eigenvalue weighted by Crippen LogP contribution is -2.26. The quantitative estimate of drug-likeness (QED) is 0.241. The van der Waals surface area contributed by atoms with Gasteiger partial charge >= 0.3 is 5.56 Å². The molecular weight excluding hydrogens is 534 g/mol. The molecule has 204 valence electrons. The van der Waals surface area contributed by atoms with E-state index in [0.717, 1.165) is 52.3 Å². The fourth-order valence-electron chi connectivity index (χ4n) is 4.54. The first kappa shape index (κ1) is 26.3. The van der Waals surface area contributed by atoms with E-state index in [1.54, 1.807) is 22.9 Å². The second kappa shape index (κ2) is 11.3. The zero-order valence-corrected chi connectivity index (χ0v) is 23.5. The summed E-state index contributed by atoms with van der Waals surface area (Å²) in [5.74, 6) is 0.845. The van der Waals surface area contributed by atoms with Crippen LogP contribution in [0.25, 0.3) is 39.2 Å². The number of hydrogen-bond acceptors (Lipinski definition) is 7. The smallest absolute Gasteiger partial charge is 0.300 e. The summed E-state index contributed by atoms with van der Waals surface area (Å²) in [6.07, 6.45) is 5.75. The molecule has 0 aliphatic heterocycles. The Hall–Kier alpha value is -4.89. The Morgan fingerprint density at radius 2 is 1.66 bits per heavy atom. The van der Waals surface area contributed by atoms with Crippen LogP contribution in [-0.4, -0.2) is 31.0 Å². The number of aryl methyl sites for hydroxylation is 1. The fourth-order valence-corrected chi connectivity index (χ4v) is 5.44. The standard InChI is InChI=1S/C32H27N5O3S/c1-3-4-17-40-26-16-15-23(18-21(26)2)28-24(20-36(34-28)25-13-9-6-10-14-25)19-27-31(39)37-32(41-27)33-30(38)29(35-37)22-11-7-5-8-12-22/h5-16,18-20H,3-4,17H2,1-2H3/b27-19+. The molecule has 0 atom stereocenters. The van der Waals surface area contributed by atoms with Crippen molar-refractivity contribution in [3.05, 3.63) is 121 Å². The minimum Gasteiger partial charge on any atom is -0.493 e. The lowest BCUT2D eigenvalue weighted by atomic mass is 10.0. The van der Waals surface area contributed by atoms with Crippen LogP contribution in [0.15, 0.2) is 94.6 Å². The van der Waals surface area contributed by atoms with Crippen molar-refractivity contribution in [3.8, 4) is 34.0 Å². The van der Waals surface area contributed by atoms with E-state index in [0.29, 0.717) is 22.4 Å². The van der Waals surface area contributed by atoms with Gasteiger partial charge < -0.3 is 4.74 Å². The third kappa shape index (κ3) is 5.31. The number of para-hydroxylation sites is 1. The highest BCUT2D eigenvalue weighted by molar-refractivity contribution is 7.15. The Kier molecular flexibility index (Phi) is 7.26. The number of unbranched alkanes of at least 4 members (excludes halogenated alkanes) is 1. The van der Waals surface area contributed by atoms with Gasteiger partial charge in [0.2, 0.25) is 4.96 Å². The normalized spacial score (nSPS) is 11.8. The van der Waals surface area contributed by atoms with Crippen LogP contribution in [0.1, 0.15) is 30.9 Å². The van der Waals surface area contributed by atoms with Gasteiger partial charge in [-0.05, 0) is 55.3 Å². The van der Waals surface area contributed by atoms with Crippen LogP contribution >= 0.6 is 11.3 Å². The second-order valence-corrected chi connectivity index (χ2v) is 10.6. The van der Waals surface area contributed by atoms with Crippen molar-refractivity contribution < 1.29 is 4.74 Å². The highest BCUT2D eigenvalue weighted by Gasteiger charge is 2.16. The average molecular weight is 562 g/mol. The molecule has 3 heterocycles. The maximum atomic E-state index is 13.5. The molecule has 3 aromatic carbocycles. The second-order valence-electron chi connectivity index (χ2n) is 9.64. The Morgan fingerprint density at radius 1 is 0.902 bits per heavy atom. The summed E-state index contributed by atoms with van der Waals surface area (Å²) in [6, 6.07) is 24.8. The van der Waals surface area contributed by atoms with Gasteiger partial charge in [0, 0.05) is 22.9 Å². The summed E-state index contributed by atoms with van der Waals surface area (Å²) < 4.78 is 9.36. The van der Waals surface area contributed by atoms with E-state index in [4.69, 9.17) is 9.84 Å². The molecule has 3 aromatic heterocycles. The molecule has 0 saturated carbocycles. The molecular formula is C32H27N5O3S. The maximum Gasteiger partial charge on any atom is 0.300 e. The molecule has 0 spiro atoms. The molecule has 6 aromatic rings. The number of benzene rings is 3. The van der Waals surface area contributed by atoms with Crippen LogP contribution in [0.2, 0.25) is 0 Å². The predicted octanol–water partition coefficient (Wildman–Crippen LogP) is 5.07. The van der Waals surface area contributed by atoms with E-state index in [9.17, 15) is 9.59 Å². The van der Waals surface area contributed by atoms with E-state index in [1.807, 2.05) is 79.9 Å². The van der Waals surface area contributed by atoms with Crippen molar-refractivity contribution in [1.29, 1.82) is 0 Å². The van der Waals surface area contributed by atoms with Crippen LogP contribution in [-0.2, 0) is 0 Å². The Balaban J connectivity index is 1.48. The number of hydrogen-bond donors (Lipinski definition) is 0. The number of rotatable bonds is 8. The zero-order valence-electron chi connectivity index (χ0n) is 22.7. The Morgan fingerprint density at radius 3 is 2.39 bits per heavy atom. The van der Waals surface area contributed by atoms with Gasteiger partial charge in [0.05, 0.1) is 16.8 Å². The molecule has 0 N–H and O–H groups in total. The lowest BCUT2D eigenvalue weighted by Gasteiger charge is -2.10. The van der Waals surface area contributed by atoms with Crippen molar-refractivity contribution in [2.45, 2.75) is 26.7 Å². The average Bonchev–Trinajstić information content (AvgIpc) is 3.55. The molecule has 0 radical (unpaired) electrons. The summed E-state index contributed by atoms with van der Waals surface area (Å²) in [4.78, 5) is 30.6. The topological polar surface area (TPSA) is 91.4 Å². The molecule has 8 nitrogen and oxygen atoms in total. The summed E-state index contributed by atoms with van der Waals surface area (Å²) >= 11 is 1.13. The van der Waals surface area contributed by atoms with Gasteiger partial charge in [0.25, 0.3) is 5.56 Å². The van der Waals surface area contributed by atoms with E-state index >= 15 is 0 Å². The minimum atomic E-state index is -0.474. The molecule has 9 heteroatoms. The molecule has 41 heavy (non-hydrogen) atoms. The number of ether oxygens (including phenoxy) is 1. The summed E-state index contributed by atoms with van der Waals surface area (Å²) in [7, 11) is 0. The Bertz CT molecular complexity index is 2010. The van der Waals surface area contributed by atoms with Gasteiger partial charge in [0.15, 0.2) is 5.69 Å². The molecule has 0 aliphatic rings. The van der Waals surface area contributed by atoms with Crippen LogP contribution in [0, 0.1) is 6.92 Å². The lowest BCUT2D eigenvalue weighted by molar-refractivity contribution is 0.307. The van der Waals surface area contributed by atoms with E-state index in [1.165, 1.54) is 4.52 Å². The van der Waals surface area contributed by atoms with Crippen molar-refractivity contribution >= 4 is 22.4 Å². The van der Waals surface area contributed by atoms with Gasteiger partial charge in [-0.1, -0.05) is 73.2 Å². The van der Waals surface area contributed by atoms with E-state index in [-0.39, 0.29) is 16.2 Å². The Labute approximate surface area is 239 Å². The SMILES string of the molecule is CCCCOc1ccc(-c2nn(-c3ccccc3)cc2/C=c2/sc3nc(=O)c(-c4ccccc4)nn3c2=O)cc1C. The van der Waals surface area contributed by atoms with Crippen molar-refractivity contribution in [2.24, 2.45) is 0 Å². The first-order valence-corrected chi connectivity index (χ1v) is 14.2. The zero-order chi connectivity index (χ0) is 28.3. The maximum absolute atomic E-state index is 13.5. The van der Waals surface area contributed by atoms with E-state index in [2.05, 4.69) is 17.0 Å². The fraction of sp³-hybridized carbons (Fsp3) is 0.156. The third-order valence-corrected chi connectivity index (χ3v) is 7.65. The van der Waals surface area contributed by atoms with Gasteiger partial charge in [-0.2, -0.15) is 19.7 Å². The molecule has 0 aliphatic carbocycles. The van der Waals surface area contributed by atoms with Crippen molar-refractivity contribution in [1.82, 2.24) is 24.4 Å². The number of fused-ring (bicyclic) bond motifs is 1. The van der Waals surface area contributed by atoms with Crippen LogP contribution in [0.4, 0.5) is 0 Å². The molecule has 0 amide bonds. The first-order valence-electron chi connectivity index (χ1n) is 13.4. The number of nitrogens with zero attached hydrogens (tertiary/aromatic N) is 5. The monoisotopic (exact) mass is 561 g/mol.